The highest BCUT2D eigenvalue weighted by Gasteiger charge is 2.10. The highest BCUT2D eigenvalue weighted by Crippen LogP contribution is 2.22. The molecule has 0 saturated carbocycles. The van der Waals surface area contributed by atoms with Gasteiger partial charge in [0, 0.05) is 16.6 Å². The van der Waals surface area contributed by atoms with Crippen LogP contribution in [0.5, 0.6) is 5.75 Å². The van der Waals surface area contributed by atoms with Crippen LogP contribution in [-0.2, 0) is 6.54 Å². The van der Waals surface area contributed by atoms with Crippen LogP contribution in [0.2, 0.25) is 0 Å². The number of nitrogen functional groups attached to an aromatic ring is 1. The van der Waals surface area contributed by atoms with Gasteiger partial charge in [0.05, 0.1) is 12.8 Å². The molecule has 0 unspecified atom stereocenters. The molecule has 0 spiro atoms. The molecule has 0 aromatic heterocycles. The summed E-state index contributed by atoms with van der Waals surface area (Å²) < 4.78 is 19.0. The van der Waals surface area contributed by atoms with Crippen molar-refractivity contribution in [1.82, 2.24) is 5.32 Å². The number of carbonyl (C=O) groups excluding carboxylic acids is 1. The minimum Gasteiger partial charge on any atom is -0.495 e. The predicted molar refractivity (Wildman–Crippen MR) is 82.7 cm³/mol. The highest BCUT2D eigenvalue weighted by molar-refractivity contribution is 9.10. The third-order valence-corrected chi connectivity index (χ3v) is 3.72. The molecule has 2 aromatic carbocycles. The van der Waals surface area contributed by atoms with Crippen LogP contribution in [0.1, 0.15) is 15.9 Å². The summed E-state index contributed by atoms with van der Waals surface area (Å²) in [5.41, 5.74) is 7.24. The number of methoxy groups -OCH3 is 1. The Hall–Kier alpha value is -2.08. The second-order valence-electron chi connectivity index (χ2n) is 4.38. The number of nitrogens with one attached hydrogen (secondary N) is 1. The van der Waals surface area contributed by atoms with E-state index in [4.69, 9.17) is 10.5 Å². The SMILES string of the molecule is COc1cc(C(=O)NCc2cc(F)ccc2Br)ccc1N. The van der Waals surface area contributed by atoms with Crippen molar-refractivity contribution < 1.29 is 13.9 Å². The maximum Gasteiger partial charge on any atom is 0.251 e. The quantitative estimate of drug-likeness (QED) is 0.831. The van der Waals surface area contributed by atoms with Crippen molar-refractivity contribution in [3.05, 3.63) is 57.8 Å². The van der Waals surface area contributed by atoms with Crippen molar-refractivity contribution in [2.75, 3.05) is 12.8 Å². The molecule has 0 radical (unpaired) electrons. The molecule has 6 heteroatoms. The van der Waals surface area contributed by atoms with E-state index < -0.39 is 0 Å². The molecule has 0 aliphatic carbocycles. The molecule has 0 saturated heterocycles. The summed E-state index contributed by atoms with van der Waals surface area (Å²) in [6.07, 6.45) is 0. The first-order chi connectivity index (χ1) is 10.0. The molecule has 0 aliphatic heterocycles. The Morgan fingerprint density at radius 2 is 2.10 bits per heavy atom. The molecule has 0 aliphatic rings. The van der Waals surface area contributed by atoms with E-state index in [1.807, 2.05) is 0 Å². The second-order valence-corrected chi connectivity index (χ2v) is 5.23. The molecular weight excluding hydrogens is 339 g/mol. The van der Waals surface area contributed by atoms with Crippen LogP contribution < -0.4 is 15.8 Å². The fraction of sp³-hybridized carbons (Fsp3) is 0.133. The summed E-state index contributed by atoms with van der Waals surface area (Å²) in [5, 5.41) is 2.72. The van der Waals surface area contributed by atoms with Gasteiger partial charge in [0.1, 0.15) is 11.6 Å². The standard InChI is InChI=1S/C15H14BrFN2O2/c1-21-14-7-9(2-5-13(14)18)15(20)19-8-10-6-11(17)3-4-12(10)16/h2-7H,8,18H2,1H3,(H,19,20). The average Bonchev–Trinajstić information content (AvgIpc) is 2.48. The van der Waals surface area contributed by atoms with Crippen LogP contribution in [0.25, 0.3) is 0 Å². The molecule has 3 N–H and O–H groups in total. The first kappa shape index (κ1) is 15.3. The van der Waals surface area contributed by atoms with Crippen LogP contribution in [0.4, 0.5) is 10.1 Å². The molecular formula is C15H14BrFN2O2. The van der Waals surface area contributed by atoms with E-state index >= 15 is 0 Å². The molecule has 0 heterocycles. The van der Waals surface area contributed by atoms with E-state index in [1.54, 1.807) is 24.3 Å². The Morgan fingerprint density at radius 1 is 1.33 bits per heavy atom. The summed E-state index contributed by atoms with van der Waals surface area (Å²) in [5.74, 6) is -0.198. The number of anilines is 1. The van der Waals surface area contributed by atoms with Gasteiger partial charge in [-0.3, -0.25) is 4.79 Å². The summed E-state index contributed by atoms with van der Waals surface area (Å²) in [4.78, 5) is 12.1. The Bertz CT molecular complexity index is 677. The molecule has 1 amide bonds. The van der Waals surface area contributed by atoms with Gasteiger partial charge in [-0.15, -0.1) is 0 Å². The maximum absolute atomic E-state index is 13.2. The van der Waals surface area contributed by atoms with Gasteiger partial charge in [0.2, 0.25) is 0 Å². The zero-order valence-corrected chi connectivity index (χ0v) is 12.9. The van der Waals surface area contributed by atoms with Gasteiger partial charge in [-0.25, -0.2) is 4.39 Å². The Kier molecular flexibility index (Phi) is 4.80. The summed E-state index contributed by atoms with van der Waals surface area (Å²) >= 11 is 3.31. The first-order valence-electron chi connectivity index (χ1n) is 6.17. The number of hydrogen-bond donors (Lipinski definition) is 2. The fourth-order valence-corrected chi connectivity index (χ4v) is 2.20. The van der Waals surface area contributed by atoms with Gasteiger partial charge in [-0.2, -0.15) is 0 Å². The lowest BCUT2D eigenvalue weighted by atomic mass is 10.1. The zero-order chi connectivity index (χ0) is 15.4. The van der Waals surface area contributed by atoms with Crippen LogP contribution >= 0.6 is 15.9 Å². The number of rotatable bonds is 4. The van der Waals surface area contributed by atoms with Gasteiger partial charge >= 0.3 is 0 Å². The largest absolute Gasteiger partial charge is 0.495 e. The number of amides is 1. The van der Waals surface area contributed by atoms with Crippen molar-refractivity contribution in [3.63, 3.8) is 0 Å². The third kappa shape index (κ3) is 3.72. The molecule has 0 fully saturated rings. The molecule has 0 atom stereocenters. The van der Waals surface area contributed by atoms with Crippen molar-refractivity contribution in [2.45, 2.75) is 6.54 Å². The smallest absolute Gasteiger partial charge is 0.251 e. The van der Waals surface area contributed by atoms with Crippen molar-refractivity contribution in [3.8, 4) is 5.75 Å². The Balaban J connectivity index is 2.10. The molecule has 110 valence electrons. The lowest BCUT2D eigenvalue weighted by Crippen LogP contribution is -2.23. The normalized spacial score (nSPS) is 10.2. The van der Waals surface area contributed by atoms with Gasteiger partial charge in [0.25, 0.3) is 5.91 Å². The number of nitrogens with two attached hydrogens (primary N) is 1. The first-order valence-corrected chi connectivity index (χ1v) is 6.96. The number of benzene rings is 2. The van der Waals surface area contributed by atoms with E-state index in [9.17, 15) is 9.18 Å². The van der Waals surface area contributed by atoms with Crippen molar-refractivity contribution in [1.29, 1.82) is 0 Å². The van der Waals surface area contributed by atoms with Crippen LogP contribution in [0.3, 0.4) is 0 Å². The molecule has 0 bridgehead atoms. The van der Waals surface area contributed by atoms with Gasteiger partial charge in [0.15, 0.2) is 0 Å². The lowest BCUT2D eigenvalue weighted by molar-refractivity contribution is 0.0950. The van der Waals surface area contributed by atoms with E-state index in [0.29, 0.717) is 22.6 Å². The number of carbonyl (C=O) groups is 1. The van der Waals surface area contributed by atoms with Gasteiger partial charge in [-0.1, -0.05) is 15.9 Å². The van der Waals surface area contributed by atoms with Crippen LogP contribution in [0, 0.1) is 5.82 Å². The predicted octanol–water partition coefficient (Wildman–Crippen LogP) is 3.11. The Morgan fingerprint density at radius 3 is 2.81 bits per heavy atom. The number of ether oxygens (including phenoxy) is 1. The van der Waals surface area contributed by atoms with Gasteiger partial charge in [-0.05, 0) is 42.0 Å². The number of halogens is 2. The summed E-state index contributed by atoms with van der Waals surface area (Å²) in [6, 6.07) is 9.09. The third-order valence-electron chi connectivity index (χ3n) is 2.94. The second kappa shape index (κ2) is 6.58. The lowest BCUT2D eigenvalue weighted by Gasteiger charge is -2.09. The minimum absolute atomic E-state index is 0.212. The molecule has 4 nitrogen and oxygen atoms in total. The summed E-state index contributed by atoms with van der Waals surface area (Å²) in [6.45, 7) is 0.212. The molecule has 21 heavy (non-hydrogen) atoms. The summed E-state index contributed by atoms with van der Waals surface area (Å²) in [7, 11) is 1.48. The van der Waals surface area contributed by atoms with Crippen LogP contribution in [-0.4, -0.2) is 13.0 Å². The molecule has 2 aromatic rings. The highest BCUT2D eigenvalue weighted by atomic mass is 79.9. The topological polar surface area (TPSA) is 64.3 Å². The maximum atomic E-state index is 13.2. The van der Waals surface area contributed by atoms with E-state index in [1.165, 1.54) is 19.2 Å². The fourth-order valence-electron chi connectivity index (χ4n) is 1.81. The van der Waals surface area contributed by atoms with Gasteiger partial charge < -0.3 is 15.8 Å². The molecule has 2 rings (SSSR count). The van der Waals surface area contributed by atoms with Crippen molar-refractivity contribution >= 4 is 27.5 Å². The monoisotopic (exact) mass is 352 g/mol. The van der Waals surface area contributed by atoms with E-state index in [0.717, 1.165) is 4.47 Å². The number of hydrogen-bond acceptors (Lipinski definition) is 3. The average molecular weight is 353 g/mol. The minimum atomic E-state index is -0.350. The zero-order valence-electron chi connectivity index (χ0n) is 11.3. The van der Waals surface area contributed by atoms with Crippen LogP contribution in [0.15, 0.2) is 40.9 Å². The van der Waals surface area contributed by atoms with E-state index in [2.05, 4.69) is 21.2 Å². The van der Waals surface area contributed by atoms with E-state index in [-0.39, 0.29) is 18.3 Å². The van der Waals surface area contributed by atoms with Crippen molar-refractivity contribution in [2.24, 2.45) is 0 Å². The Labute approximate surface area is 130 Å².